The number of hydrogen-bond donors (Lipinski definition) is 1. The fourth-order valence-electron chi connectivity index (χ4n) is 5.88. The summed E-state index contributed by atoms with van der Waals surface area (Å²) < 4.78 is 4.87. The highest BCUT2D eigenvalue weighted by atomic mass is 32.2. The minimum absolute atomic E-state index is 0.00797. The molecule has 8 heteroatoms. The zero-order chi connectivity index (χ0) is 24.2. The molecule has 0 aromatic heterocycles. The van der Waals surface area contributed by atoms with Crippen molar-refractivity contribution < 1.29 is 24.2 Å². The Hall–Kier alpha value is -1.80. The first-order chi connectivity index (χ1) is 15.9. The molecule has 3 saturated heterocycles. The van der Waals surface area contributed by atoms with Crippen LogP contribution in [0.3, 0.4) is 0 Å². The number of hydrogen-bond acceptors (Lipinski definition) is 6. The van der Waals surface area contributed by atoms with E-state index in [0.29, 0.717) is 25.9 Å². The van der Waals surface area contributed by atoms with Gasteiger partial charge in [0.1, 0.15) is 6.04 Å². The van der Waals surface area contributed by atoms with Crippen molar-refractivity contribution in [2.45, 2.75) is 74.5 Å². The van der Waals surface area contributed by atoms with Crippen LogP contribution in [0.15, 0.2) is 25.3 Å². The second-order valence-corrected chi connectivity index (χ2v) is 10.9. The van der Waals surface area contributed by atoms with Gasteiger partial charge >= 0.3 is 5.97 Å². The standard InChI is InChI=1S/C25H38N2O5S/c1-5-8-16-32-24(31)19-18-11-12-25(33-18)20(19)22(29)27(14-9-15-28)21(25)23(30)26(13-7-3)17(4)10-6-2/h5,7,17-21,28H,1,3,6,8-16H2,2,4H3/t17?,18-,19+,20+,21?,25?/m1/s1. The largest absolute Gasteiger partial charge is 0.465 e. The van der Waals surface area contributed by atoms with Crippen molar-refractivity contribution in [2.75, 3.05) is 26.3 Å². The van der Waals surface area contributed by atoms with Gasteiger partial charge in [-0.3, -0.25) is 14.4 Å². The first-order valence-electron chi connectivity index (χ1n) is 12.2. The van der Waals surface area contributed by atoms with Crippen LogP contribution in [0.1, 0.15) is 52.4 Å². The predicted octanol–water partition coefficient (Wildman–Crippen LogP) is 2.78. The quantitative estimate of drug-likeness (QED) is 0.249. The lowest BCUT2D eigenvalue weighted by Gasteiger charge is -2.39. The number of rotatable bonds is 13. The molecule has 184 valence electrons. The molecule has 6 atom stereocenters. The third-order valence-corrected chi connectivity index (χ3v) is 9.23. The second-order valence-electron chi connectivity index (χ2n) is 9.33. The molecule has 0 radical (unpaired) electrons. The summed E-state index contributed by atoms with van der Waals surface area (Å²) in [6.45, 7) is 12.5. The fraction of sp³-hybridized carbons (Fsp3) is 0.720. The molecule has 3 unspecified atom stereocenters. The van der Waals surface area contributed by atoms with E-state index in [2.05, 4.69) is 20.1 Å². The molecule has 33 heavy (non-hydrogen) atoms. The summed E-state index contributed by atoms with van der Waals surface area (Å²) in [6, 6.07) is -0.615. The number of fused-ring (bicyclic) bond motifs is 1. The minimum Gasteiger partial charge on any atom is -0.465 e. The summed E-state index contributed by atoms with van der Waals surface area (Å²) in [6.07, 6.45) is 7.71. The minimum atomic E-state index is -0.637. The molecule has 3 aliphatic rings. The molecule has 3 rings (SSSR count). The Morgan fingerprint density at radius 2 is 2.15 bits per heavy atom. The average molecular weight is 479 g/mol. The van der Waals surface area contributed by atoms with Gasteiger partial charge in [0, 0.05) is 31.0 Å². The lowest BCUT2D eigenvalue weighted by Crippen LogP contribution is -2.56. The van der Waals surface area contributed by atoms with Crippen LogP contribution in [0.5, 0.6) is 0 Å². The molecule has 3 heterocycles. The number of esters is 1. The maximum atomic E-state index is 14.1. The summed E-state index contributed by atoms with van der Waals surface area (Å²) in [4.78, 5) is 44.3. The number of carbonyl (C=O) groups excluding carboxylic acids is 3. The Morgan fingerprint density at radius 1 is 1.39 bits per heavy atom. The van der Waals surface area contributed by atoms with Crippen LogP contribution in [0.25, 0.3) is 0 Å². The smallest absolute Gasteiger partial charge is 0.310 e. The van der Waals surface area contributed by atoms with Crippen molar-refractivity contribution in [1.29, 1.82) is 0 Å². The Morgan fingerprint density at radius 3 is 2.79 bits per heavy atom. The van der Waals surface area contributed by atoms with Crippen LogP contribution in [0.4, 0.5) is 0 Å². The maximum Gasteiger partial charge on any atom is 0.310 e. The van der Waals surface area contributed by atoms with E-state index in [0.717, 1.165) is 25.7 Å². The molecule has 0 aliphatic carbocycles. The lowest BCUT2D eigenvalue weighted by molar-refractivity contribution is -0.154. The van der Waals surface area contributed by atoms with Crippen molar-refractivity contribution in [3.8, 4) is 0 Å². The van der Waals surface area contributed by atoms with Crippen molar-refractivity contribution in [1.82, 2.24) is 9.80 Å². The van der Waals surface area contributed by atoms with Crippen LogP contribution in [-0.2, 0) is 19.1 Å². The lowest BCUT2D eigenvalue weighted by atomic mass is 9.71. The van der Waals surface area contributed by atoms with Gasteiger partial charge in [0.15, 0.2) is 0 Å². The van der Waals surface area contributed by atoms with E-state index >= 15 is 0 Å². The molecule has 7 nitrogen and oxygen atoms in total. The summed E-state index contributed by atoms with van der Waals surface area (Å²) >= 11 is 1.64. The molecular weight excluding hydrogens is 440 g/mol. The predicted molar refractivity (Wildman–Crippen MR) is 130 cm³/mol. The van der Waals surface area contributed by atoms with E-state index < -0.39 is 22.6 Å². The molecule has 3 aliphatic heterocycles. The SMILES string of the molecule is C=CCCOC(=O)[C@@H]1[C@H]2C(=O)N(CCCO)C(C(=O)N(CC=C)C(C)CCC)C23CC[C@H]1S3. The van der Waals surface area contributed by atoms with E-state index in [1.807, 2.05) is 11.8 Å². The molecule has 0 saturated carbocycles. The van der Waals surface area contributed by atoms with Gasteiger partial charge in [-0.15, -0.1) is 24.9 Å². The molecular formula is C25H38N2O5S. The first kappa shape index (κ1) is 25.8. The Labute approximate surface area is 201 Å². The zero-order valence-electron chi connectivity index (χ0n) is 19.9. The normalized spacial score (nSPS) is 30.8. The third-order valence-electron chi connectivity index (χ3n) is 7.28. The van der Waals surface area contributed by atoms with Crippen LogP contribution >= 0.6 is 11.8 Å². The molecule has 1 spiro atoms. The van der Waals surface area contributed by atoms with Gasteiger partial charge in [0.2, 0.25) is 11.8 Å². The zero-order valence-corrected chi connectivity index (χ0v) is 20.7. The van der Waals surface area contributed by atoms with Crippen LogP contribution in [0, 0.1) is 11.8 Å². The van der Waals surface area contributed by atoms with E-state index in [4.69, 9.17) is 4.74 Å². The number of ether oxygens (including phenoxy) is 1. The van der Waals surface area contributed by atoms with Gasteiger partial charge < -0.3 is 19.6 Å². The number of nitrogens with zero attached hydrogens (tertiary/aromatic N) is 2. The monoisotopic (exact) mass is 478 g/mol. The fourth-order valence-corrected chi connectivity index (χ4v) is 8.08. The Bertz CT molecular complexity index is 774. The maximum absolute atomic E-state index is 14.1. The second kappa shape index (κ2) is 11.1. The topological polar surface area (TPSA) is 87.1 Å². The number of aliphatic hydroxyl groups excluding tert-OH is 1. The average Bonchev–Trinajstić information content (AvgIpc) is 3.43. The summed E-state index contributed by atoms with van der Waals surface area (Å²) in [5, 5.41) is 9.44. The summed E-state index contributed by atoms with van der Waals surface area (Å²) in [5.74, 6) is -1.65. The Kier molecular flexibility index (Phi) is 8.67. The summed E-state index contributed by atoms with van der Waals surface area (Å²) in [7, 11) is 0. The first-order valence-corrected chi connectivity index (χ1v) is 13.0. The van der Waals surface area contributed by atoms with Gasteiger partial charge in [-0.2, -0.15) is 0 Å². The van der Waals surface area contributed by atoms with Crippen LogP contribution in [0.2, 0.25) is 0 Å². The number of carbonyl (C=O) groups is 3. The van der Waals surface area contributed by atoms with Crippen LogP contribution in [-0.4, -0.2) is 81.1 Å². The van der Waals surface area contributed by atoms with Gasteiger partial charge in [-0.1, -0.05) is 25.5 Å². The molecule has 1 N–H and O–H groups in total. The molecule has 0 aromatic carbocycles. The number of thioether (sulfide) groups is 1. The van der Waals surface area contributed by atoms with Crippen LogP contribution < -0.4 is 0 Å². The van der Waals surface area contributed by atoms with E-state index in [1.54, 1.807) is 28.8 Å². The summed E-state index contributed by atoms with van der Waals surface area (Å²) in [5.41, 5.74) is 0. The van der Waals surface area contributed by atoms with Crippen molar-refractivity contribution in [3.05, 3.63) is 25.3 Å². The Balaban J connectivity index is 1.96. The highest BCUT2D eigenvalue weighted by molar-refractivity contribution is 8.02. The molecule has 2 bridgehead atoms. The van der Waals surface area contributed by atoms with Crippen molar-refractivity contribution in [2.24, 2.45) is 11.8 Å². The number of aliphatic hydroxyl groups is 1. The number of amides is 2. The van der Waals surface area contributed by atoms with E-state index in [1.165, 1.54) is 0 Å². The van der Waals surface area contributed by atoms with Crippen molar-refractivity contribution >= 4 is 29.5 Å². The van der Waals surface area contributed by atoms with Crippen molar-refractivity contribution in [3.63, 3.8) is 0 Å². The molecule has 0 aromatic rings. The van der Waals surface area contributed by atoms with Gasteiger partial charge in [-0.25, -0.2) is 0 Å². The molecule has 2 amide bonds. The van der Waals surface area contributed by atoms with E-state index in [9.17, 15) is 19.5 Å². The highest BCUT2D eigenvalue weighted by Crippen LogP contribution is 2.66. The third kappa shape index (κ3) is 4.61. The van der Waals surface area contributed by atoms with Gasteiger partial charge in [-0.05, 0) is 39.0 Å². The van der Waals surface area contributed by atoms with E-state index in [-0.39, 0.29) is 42.3 Å². The van der Waals surface area contributed by atoms with Gasteiger partial charge in [0.05, 0.1) is 23.2 Å². The highest BCUT2D eigenvalue weighted by Gasteiger charge is 2.74. The number of likely N-dealkylation sites (tertiary alicyclic amines) is 1. The molecule has 3 fully saturated rings. The van der Waals surface area contributed by atoms with Gasteiger partial charge in [0.25, 0.3) is 0 Å².